The van der Waals surface area contributed by atoms with Crippen LogP contribution < -0.4 is 10.6 Å². The standard InChI is InChI=1S/C13H16FN3O.C2H6/c1-4-13(2,8-15)17-9-5-6-10(11(14)7-9)12(18)16-3;1-2/h5-7,17H,4H2,1-3H3,(H,16,18);1-2H3. The van der Waals surface area contributed by atoms with Gasteiger partial charge in [0.1, 0.15) is 11.4 Å². The van der Waals surface area contributed by atoms with Crippen LogP contribution in [0.4, 0.5) is 10.1 Å². The van der Waals surface area contributed by atoms with Crippen molar-refractivity contribution >= 4 is 11.6 Å². The fourth-order valence-corrected chi connectivity index (χ4v) is 1.43. The Labute approximate surface area is 120 Å². The van der Waals surface area contributed by atoms with Crippen molar-refractivity contribution in [2.75, 3.05) is 12.4 Å². The molecule has 110 valence electrons. The molecule has 1 atom stereocenters. The van der Waals surface area contributed by atoms with E-state index in [1.54, 1.807) is 13.0 Å². The third kappa shape index (κ3) is 4.54. The van der Waals surface area contributed by atoms with Crippen LogP contribution in [0.1, 0.15) is 44.5 Å². The van der Waals surface area contributed by atoms with Crippen molar-refractivity contribution in [2.24, 2.45) is 0 Å². The molecule has 0 saturated carbocycles. The Morgan fingerprint density at radius 3 is 2.45 bits per heavy atom. The second-order valence-corrected chi connectivity index (χ2v) is 4.20. The van der Waals surface area contributed by atoms with E-state index in [1.807, 2.05) is 20.8 Å². The van der Waals surface area contributed by atoms with Crippen molar-refractivity contribution in [1.29, 1.82) is 5.26 Å². The first-order chi connectivity index (χ1) is 9.45. The molecule has 1 amide bonds. The van der Waals surface area contributed by atoms with Gasteiger partial charge >= 0.3 is 0 Å². The lowest BCUT2D eigenvalue weighted by molar-refractivity contribution is 0.0959. The van der Waals surface area contributed by atoms with E-state index in [0.717, 1.165) is 0 Å². The number of hydrogen-bond donors (Lipinski definition) is 2. The Kier molecular flexibility index (Phi) is 7.30. The molecule has 0 spiro atoms. The number of nitrogens with one attached hydrogen (secondary N) is 2. The van der Waals surface area contributed by atoms with Gasteiger partial charge in [0.25, 0.3) is 5.91 Å². The maximum absolute atomic E-state index is 13.7. The first-order valence-electron chi connectivity index (χ1n) is 6.67. The fourth-order valence-electron chi connectivity index (χ4n) is 1.43. The zero-order valence-corrected chi connectivity index (χ0v) is 12.7. The van der Waals surface area contributed by atoms with E-state index in [-0.39, 0.29) is 5.56 Å². The summed E-state index contributed by atoms with van der Waals surface area (Å²) < 4.78 is 13.7. The third-order valence-electron chi connectivity index (χ3n) is 2.81. The number of benzene rings is 1. The summed E-state index contributed by atoms with van der Waals surface area (Å²) >= 11 is 0. The lowest BCUT2D eigenvalue weighted by atomic mass is 10.0. The molecule has 0 aliphatic rings. The van der Waals surface area contributed by atoms with Crippen LogP contribution in [-0.2, 0) is 0 Å². The second-order valence-electron chi connectivity index (χ2n) is 4.20. The summed E-state index contributed by atoms with van der Waals surface area (Å²) in [7, 11) is 1.44. The number of carbonyl (C=O) groups is 1. The highest BCUT2D eigenvalue weighted by molar-refractivity contribution is 5.94. The Morgan fingerprint density at radius 2 is 2.05 bits per heavy atom. The summed E-state index contributed by atoms with van der Waals surface area (Å²) in [6.07, 6.45) is 0.586. The SMILES string of the molecule is CC.CCC(C)(C#N)Nc1ccc(C(=O)NC)c(F)c1. The quantitative estimate of drug-likeness (QED) is 0.888. The number of halogens is 1. The van der Waals surface area contributed by atoms with Crippen molar-refractivity contribution in [1.82, 2.24) is 5.32 Å². The van der Waals surface area contributed by atoms with E-state index in [0.29, 0.717) is 12.1 Å². The number of carbonyl (C=O) groups excluding carboxylic acids is 1. The van der Waals surface area contributed by atoms with E-state index in [2.05, 4.69) is 16.7 Å². The predicted molar refractivity (Wildman–Crippen MR) is 79.1 cm³/mol. The Balaban J connectivity index is 0.00000172. The van der Waals surface area contributed by atoms with E-state index in [9.17, 15) is 9.18 Å². The van der Waals surface area contributed by atoms with Gasteiger partial charge in [-0.2, -0.15) is 5.26 Å². The molecule has 0 fully saturated rings. The number of rotatable bonds is 4. The first kappa shape index (κ1) is 17.9. The number of anilines is 1. The maximum atomic E-state index is 13.7. The van der Waals surface area contributed by atoms with E-state index in [1.165, 1.54) is 19.2 Å². The van der Waals surface area contributed by atoms with E-state index >= 15 is 0 Å². The summed E-state index contributed by atoms with van der Waals surface area (Å²) in [6.45, 7) is 7.60. The van der Waals surface area contributed by atoms with Crippen LogP contribution in [0.3, 0.4) is 0 Å². The summed E-state index contributed by atoms with van der Waals surface area (Å²) in [5.41, 5.74) is -0.287. The third-order valence-corrected chi connectivity index (χ3v) is 2.81. The summed E-state index contributed by atoms with van der Waals surface area (Å²) in [5.74, 6) is -1.09. The predicted octanol–water partition coefficient (Wildman–Crippen LogP) is 3.32. The highest BCUT2D eigenvalue weighted by Gasteiger charge is 2.21. The molecule has 0 saturated heterocycles. The summed E-state index contributed by atoms with van der Waals surface area (Å²) in [5, 5.41) is 14.3. The second kappa shape index (κ2) is 8.16. The minimum atomic E-state index is -0.749. The summed E-state index contributed by atoms with van der Waals surface area (Å²) in [4.78, 5) is 11.3. The Morgan fingerprint density at radius 1 is 1.45 bits per heavy atom. The van der Waals surface area contributed by atoms with E-state index < -0.39 is 17.3 Å². The van der Waals surface area contributed by atoms with Gasteiger partial charge in [-0.3, -0.25) is 4.79 Å². The van der Waals surface area contributed by atoms with Crippen LogP contribution in [-0.4, -0.2) is 18.5 Å². The minimum Gasteiger partial charge on any atom is -0.368 e. The topological polar surface area (TPSA) is 64.9 Å². The molecule has 1 rings (SSSR count). The molecule has 4 nitrogen and oxygen atoms in total. The van der Waals surface area contributed by atoms with Crippen molar-refractivity contribution in [2.45, 2.75) is 39.7 Å². The van der Waals surface area contributed by atoms with Crippen molar-refractivity contribution in [3.05, 3.63) is 29.6 Å². The lowest BCUT2D eigenvalue weighted by Crippen LogP contribution is -2.32. The van der Waals surface area contributed by atoms with Crippen molar-refractivity contribution in [3.63, 3.8) is 0 Å². The highest BCUT2D eigenvalue weighted by atomic mass is 19.1. The molecule has 0 aliphatic heterocycles. The van der Waals surface area contributed by atoms with Gasteiger partial charge < -0.3 is 10.6 Å². The molecule has 0 aliphatic carbocycles. The molecule has 0 heterocycles. The molecule has 0 aromatic heterocycles. The zero-order chi connectivity index (χ0) is 15.8. The lowest BCUT2D eigenvalue weighted by Gasteiger charge is -2.22. The number of hydrogen-bond acceptors (Lipinski definition) is 3. The van der Waals surface area contributed by atoms with Crippen molar-refractivity contribution < 1.29 is 9.18 Å². The van der Waals surface area contributed by atoms with Crippen LogP contribution in [0, 0.1) is 17.1 Å². The average Bonchev–Trinajstić information content (AvgIpc) is 2.48. The van der Waals surface area contributed by atoms with Gasteiger partial charge in [-0.1, -0.05) is 20.8 Å². The number of nitriles is 1. The first-order valence-corrected chi connectivity index (χ1v) is 6.67. The summed E-state index contributed by atoms with van der Waals surface area (Å²) in [6, 6.07) is 6.32. The molecule has 0 bridgehead atoms. The van der Waals surface area contributed by atoms with Gasteiger partial charge in [-0.15, -0.1) is 0 Å². The minimum absolute atomic E-state index is 0.0155. The normalized spacial score (nSPS) is 12.2. The van der Waals surface area contributed by atoms with Crippen LogP contribution >= 0.6 is 0 Å². The van der Waals surface area contributed by atoms with Gasteiger partial charge in [-0.05, 0) is 31.5 Å². The molecule has 1 aromatic rings. The average molecular weight is 279 g/mol. The van der Waals surface area contributed by atoms with Gasteiger partial charge in [0.15, 0.2) is 0 Å². The van der Waals surface area contributed by atoms with Gasteiger partial charge in [0, 0.05) is 12.7 Å². The van der Waals surface area contributed by atoms with Crippen LogP contribution in [0.25, 0.3) is 0 Å². The molecule has 1 unspecified atom stereocenters. The monoisotopic (exact) mass is 279 g/mol. The number of amides is 1. The molecule has 20 heavy (non-hydrogen) atoms. The van der Waals surface area contributed by atoms with Gasteiger partial charge in [-0.25, -0.2) is 4.39 Å². The van der Waals surface area contributed by atoms with Crippen LogP contribution in [0.2, 0.25) is 0 Å². The molecule has 0 radical (unpaired) electrons. The maximum Gasteiger partial charge on any atom is 0.253 e. The molecular weight excluding hydrogens is 257 g/mol. The molecule has 2 N–H and O–H groups in total. The Bertz CT molecular complexity index is 496. The van der Waals surface area contributed by atoms with Gasteiger partial charge in [0.05, 0.1) is 11.6 Å². The molecular formula is C15H22FN3O. The highest BCUT2D eigenvalue weighted by Crippen LogP contribution is 2.20. The largest absolute Gasteiger partial charge is 0.368 e. The molecule has 5 heteroatoms. The van der Waals surface area contributed by atoms with Crippen LogP contribution in [0.5, 0.6) is 0 Å². The Hall–Kier alpha value is -2.09. The van der Waals surface area contributed by atoms with E-state index in [4.69, 9.17) is 5.26 Å². The number of nitrogens with zero attached hydrogens (tertiary/aromatic N) is 1. The van der Waals surface area contributed by atoms with Crippen LogP contribution in [0.15, 0.2) is 18.2 Å². The zero-order valence-electron chi connectivity index (χ0n) is 12.7. The smallest absolute Gasteiger partial charge is 0.253 e. The van der Waals surface area contributed by atoms with Crippen molar-refractivity contribution in [3.8, 4) is 6.07 Å². The van der Waals surface area contributed by atoms with Gasteiger partial charge in [0.2, 0.25) is 0 Å². The molecule has 1 aromatic carbocycles. The fraction of sp³-hybridized carbons (Fsp3) is 0.467.